The zero-order valence-corrected chi connectivity index (χ0v) is 16.4. The molecule has 0 radical (unpaired) electrons. The second kappa shape index (κ2) is 9.92. The largest absolute Gasteiger partial charge is 0.364 e. The molecule has 26 heavy (non-hydrogen) atoms. The molecule has 1 heterocycles. The lowest BCUT2D eigenvalue weighted by Crippen LogP contribution is -3.15. The van der Waals surface area contributed by atoms with E-state index >= 15 is 0 Å². The van der Waals surface area contributed by atoms with Gasteiger partial charge in [-0.3, -0.25) is 20.4 Å². The van der Waals surface area contributed by atoms with Gasteiger partial charge in [-0.05, 0) is 37.6 Å². The molecule has 1 unspecified atom stereocenters. The Morgan fingerprint density at radius 3 is 2.54 bits per heavy atom. The fraction of sp³-hybridized carbons (Fsp3) is 0.444. The Bertz CT molecular complexity index is 672. The van der Waals surface area contributed by atoms with Gasteiger partial charge in [-0.25, -0.2) is 0 Å². The summed E-state index contributed by atoms with van der Waals surface area (Å²) in [4.78, 5) is 25.0. The van der Waals surface area contributed by atoms with E-state index in [2.05, 4.69) is 10.9 Å². The van der Waals surface area contributed by atoms with Crippen molar-refractivity contribution in [1.82, 2.24) is 10.9 Å². The third-order valence-electron chi connectivity index (χ3n) is 4.02. The first-order chi connectivity index (χ1) is 12.3. The van der Waals surface area contributed by atoms with E-state index < -0.39 is 5.91 Å². The zero-order valence-electron chi connectivity index (χ0n) is 14.9. The molecule has 0 spiro atoms. The predicted molar refractivity (Wildman–Crippen MR) is 102 cm³/mol. The zero-order chi connectivity index (χ0) is 19.1. The Morgan fingerprint density at radius 2 is 1.88 bits per heavy atom. The molecule has 1 aliphatic rings. The average Bonchev–Trinajstić information content (AvgIpc) is 2.58. The van der Waals surface area contributed by atoms with E-state index in [1.807, 2.05) is 13.8 Å². The number of hydrogen-bond acceptors (Lipinski definition) is 3. The number of morpholine rings is 1. The summed E-state index contributed by atoms with van der Waals surface area (Å²) in [6.45, 7) is 6.55. The van der Waals surface area contributed by atoms with Crippen LogP contribution in [-0.2, 0) is 14.3 Å². The van der Waals surface area contributed by atoms with E-state index in [1.165, 1.54) is 11.0 Å². The van der Waals surface area contributed by atoms with Gasteiger partial charge in [-0.15, -0.1) is 0 Å². The van der Waals surface area contributed by atoms with Crippen molar-refractivity contribution in [3.8, 4) is 0 Å². The van der Waals surface area contributed by atoms with Gasteiger partial charge in [0.15, 0.2) is 0 Å². The second-order valence-corrected chi connectivity index (χ2v) is 7.27. The first kappa shape index (κ1) is 20.7. The predicted octanol–water partition coefficient (Wildman–Crippen LogP) is 1.24. The van der Waals surface area contributed by atoms with Gasteiger partial charge in [0.25, 0.3) is 5.91 Å². The molecule has 1 saturated heterocycles. The summed E-state index contributed by atoms with van der Waals surface area (Å²) in [6, 6.07) is 5.04. The number of nitrogens with one attached hydrogen (secondary N) is 3. The van der Waals surface area contributed by atoms with E-state index in [4.69, 9.17) is 27.9 Å². The quantitative estimate of drug-likeness (QED) is 0.514. The van der Waals surface area contributed by atoms with Crippen LogP contribution in [0.1, 0.15) is 25.8 Å². The lowest BCUT2D eigenvalue weighted by atomic mass is 10.2. The van der Waals surface area contributed by atoms with Crippen molar-refractivity contribution < 1.29 is 19.2 Å². The van der Waals surface area contributed by atoms with E-state index in [9.17, 15) is 9.59 Å². The van der Waals surface area contributed by atoms with Gasteiger partial charge in [0.05, 0.1) is 23.0 Å². The molecule has 142 valence electrons. The minimum absolute atomic E-state index is 0.197. The van der Waals surface area contributed by atoms with E-state index in [0.29, 0.717) is 23.0 Å². The first-order valence-electron chi connectivity index (χ1n) is 8.54. The normalized spacial score (nSPS) is 23.0. The highest BCUT2D eigenvalue weighted by molar-refractivity contribution is 6.42. The highest BCUT2D eigenvalue weighted by atomic mass is 35.5. The van der Waals surface area contributed by atoms with Crippen LogP contribution in [0.15, 0.2) is 24.3 Å². The Balaban J connectivity index is 1.70. The highest BCUT2D eigenvalue weighted by Crippen LogP contribution is 2.22. The van der Waals surface area contributed by atoms with Crippen molar-refractivity contribution in [2.24, 2.45) is 0 Å². The van der Waals surface area contributed by atoms with Crippen molar-refractivity contribution in [2.45, 2.75) is 32.5 Å². The maximum absolute atomic E-state index is 11.9. The van der Waals surface area contributed by atoms with Crippen molar-refractivity contribution >= 4 is 41.1 Å². The molecule has 2 rings (SSSR count). The summed E-state index contributed by atoms with van der Waals surface area (Å²) in [5, 5.41) is 0.864. The summed E-state index contributed by atoms with van der Waals surface area (Å²) in [5.41, 5.74) is 5.52. The molecule has 0 bridgehead atoms. The van der Waals surface area contributed by atoms with Gasteiger partial charge in [0.1, 0.15) is 25.3 Å². The van der Waals surface area contributed by atoms with Crippen LogP contribution >= 0.6 is 23.2 Å². The van der Waals surface area contributed by atoms with Crippen LogP contribution in [0.3, 0.4) is 0 Å². The topological polar surface area (TPSA) is 71.9 Å². The maximum atomic E-state index is 11.9. The molecule has 1 aromatic carbocycles. The average molecular weight is 401 g/mol. The van der Waals surface area contributed by atoms with Crippen LogP contribution in [0.2, 0.25) is 10.0 Å². The smallest absolute Gasteiger partial charge is 0.262 e. The molecule has 2 amide bonds. The Kier molecular flexibility index (Phi) is 7.90. The summed E-state index contributed by atoms with van der Waals surface area (Å²) in [5.74, 6) is -0.647. The fourth-order valence-electron chi connectivity index (χ4n) is 2.91. The second-order valence-electron chi connectivity index (χ2n) is 6.46. The Hall–Kier alpha value is -1.60. The monoisotopic (exact) mass is 400 g/mol. The van der Waals surface area contributed by atoms with E-state index in [1.54, 1.807) is 24.3 Å². The number of rotatable bonds is 5. The van der Waals surface area contributed by atoms with Crippen LogP contribution in [0.5, 0.6) is 0 Å². The number of hydrogen-bond donors (Lipinski definition) is 3. The third kappa shape index (κ3) is 6.96. The summed E-state index contributed by atoms with van der Waals surface area (Å²) in [6.07, 6.45) is 3.64. The minimum atomic E-state index is -0.426. The number of benzene rings is 1. The standard InChI is InChI=1S/C18H23Cl2N3O3/c1-12-10-23(11-13(2)26-12)8-7-18(25)22-21-17(24)6-4-14-3-5-15(19)16(20)9-14/h3-6,9,12-13H,7-8,10-11H2,1-2H3,(H,21,24)(H,22,25)/p+1/b6-4+/t12-,13+. The minimum Gasteiger partial charge on any atom is -0.364 e. The van der Waals surface area contributed by atoms with Crippen molar-refractivity contribution in [2.75, 3.05) is 19.6 Å². The number of hydrazine groups is 1. The molecule has 8 heteroatoms. The van der Waals surface area contributed by atoms with Gasteiger partial charge in [-0.1, -0.05) is 29.3 Å². The highest BCUT2D eigenvalue weighted by Gasteiger charge is 2.25. The van der Waals surface area contributed by atoms with Crippen molar-refractivity contribution in [1.29, 1.82) is 0 Å². The number of amides is 2. The van der Waals surface area contributed by atoms with Crippen LogP contribution in [0.4, 0.5) is 0 Å². The molecular weight excluding hydrogens is 377 g/mol. The van der Waals surface area contributed by atoms with Crippen LogP contribution in [-0.4, -0.2) is 43.7 Å². The van der Waals surface area contributed by atoms with Crippen LogP contribution in [0.25, 0.3) is 6.08 Å². The van der Waals surface area contributed by atoms with Gasteiger partial charge >= 0.3 is 0 Å². The lowest BCUT2D eigenvalue weighted by Gasteiger charge is -2.32. The third-order valence-corrected chi connectivity index (χ3v) is 4.76. The first-order valence-corrected chi connectivity index (χ1v) is 9.30. The fourth-order valence-corrected chi connectivity index (χ4v) is 3.21. The summed E-state index contributed by atoms with van der Waals surface area (Å²) in [7, 11) is 0. The van der Waals surface area contributed by atoms with Gasteiger partial charge in [0.2, 0.25) is 5.91 Å². The number of ether oxygens (including phenoxy) is 1. The molecule has 3 atom stereocenters. The lowest BCUT2D eigenvalue weighted by molar-refractivity contribution is -0.914. The van der Waals surface area contributed by atoms with Gasteiger partial charge in [-0.2, -0.15) is 0 Å². The molecule has 1 fully saturated rings. The van der Waals surface area contributed by atoms with E-state index in [-0.39, 0.29) is 18.1 Å². The Labute approximate surface area is 163 Å². The Morgan fingerprint density at radius 1 is 1.19 bits per heavy atom. The number of carbonyl (C=O) groups is 2. The van der Waals surface area contributed by atoms with Gasteiger partial charge in [0, 0.05) is 6.08 Å². The number of quaternary nitrogens is 1. The maximum Gasteiger partial charge on any atom is 0.262 e. The van der Waals surface area contributed by atoms with Crippen LogP contribution < -0.4 is 15.8 Å². The van der Waals surface area contributed by atoms with Crippen molar-refractivity contribution in [3.05, 3.63) is 39.9 Å². The summed E-state index contributed by atoms with van der Waals surface area (Å²) >= 11 is 11.8. The van der Waals surface area contributed by atoms with Crippen molar-refractivity contribution in [3.63, 3.8) is 0 Å². The molecule has 0 aliphatic carbocycles. The molecule has 3 N–H and O–H groups in total. The van der Waals surface area contributed by atoms with E-state index in [0.717, 1.165) is 18.7 Å². The number of carbonyl (C=O) groups excluding carboxylic acids is 2. The molecule has 1 aromatic rings. The molecule has 0 aromatic heterocycles. The molecule has 6 nitrogen and oxygen atoms in total. The number of halogens is 2. The summed E-state index contributed by atoms with van der Waals surface area (Å²) < 4.78 is 5.68. The molecule has 1 aliphatic heterocycles. The van der Waals surface area contributed by atoms with Crippen LogP contribution in [0, 0.1) is 0 Å². The van der Waals surface area contributed by atoms with Gasteiger partial charge < -0.3 is 9.64 Å². The SMILES string of the molecule is C[C@@H]1C[NH+](CCC(=O)NNC(=O)/C=C/c2ccc(Cl)c(Cl)c2)C[C@H](C)O1. The molecular formula is C18H24Cl2N3O3+. The molecule has 0 saturated carbocycles.